The van der Waals surface area contributed by atoms with Crippen LogP contribution >= 0.6 is 0 Å². The first-order valence-electron chi connectivity index (χ1n) is 7.58. The third-order valence-electron chi connectivity index (χ3n) is 2.68. The molecule has 0 unspecified atom stereocenters. The molecule has 0 radical (unpaired) electrons. The van der Waals surface area contributed by atoms with Crippen molar-refractivity contribution in [2.24, 2.45) is 16.8 Å². The summed E-state index contributed by atoms with van der Waals surface area (Å²) < 4.78 is 5.54. The zero-order chi connectivity index (χ0) is 14.5. The van der Waals surface area contributed by atoms with Crippen LogP contribution in [-0.2, 0) is 4.74 Å². The molecule has 0 spiro atoms. The van der Waals surface area contributed by atoms with E-state index >= 15 is 0 Å². The van der Waals surface area contributed by atoms with E-state index in [-0.39, 0.29) is 0 Å². The number of hydrogen-bond donors (Lipinski definition) is 2. The Balaban J connectivity index is 3.45. The molecule has 19 heavy (non-hydrogen) atoms. The van der Waals surface area contributed by atoms with Crippen molar-refractivity contribution in [2.45, 2.75) is 47.0 Å². The molecule has 0 aliphatic heterocycles. The summed E-state index contributed by atoms with van der Waals surface area (Å²) in [7, 11) is 1.81. The van der Waals surface area contributed by atoms with Crippen LogP contribution in [0.15, 0.2) is 4.99 Å². The lowest BCUT2D eigenvalue weighted by Crippen LogP contribution is -2.38. The summed E-state index contributed by atoms with van der Waals surface area (Å²) in [6, 6.07) is 0. The summed E-state index contributed by atoms with van der Waals surface area (Å²) in [6.07, 6.45) is 3.46. The van der Waals surface area contributed by atoms with Gasteiger partial charge in [-0.15, -0.1) is 0 Å². The summed E-state index contributed by atoms with van der Waals surface area (Å²) in [4.78, 5) is 4.20. The summed E-state index contributed by atoms with van der Waals surface area (Å²) in [6.45, 7) is 12.4. The first kappa shape index (κ1) is 18.2. The lowest BCUT2D eigenvalue weighted by atomic mass is 10.1. The Morgan fingerprint density at radius 3 is 2.16 bits per heavy atom. The SMILES string of the molecule is CN=C(NCCCOCC(C)C)NCCCC(C)C. The third-order valence-corrected chi connectivity index (χ3v) is 2.68. The molecule has 0 fully saturated rings. The quantitative estimate of drug-likeness (QED) is 0.365. The molecule has 0 saturated carbocycles. The van der Waals surface area contributed by atoms with Gasteiger partial charge in [-0.05, 0) is 31.1 Å². The van der Waals surface area contributed by atoms with E-state index in [1.807, 2.05) is 7.05 Å². The van der Waals surface area contributed by atoms with Crippen LogP contribution < -0.4 is 10.6 Å². The van der Waals surface area contributed by atoms with Crippen molar-refractivity contribution < 1.29 is 4.74 Å². The van der Waals surface area contributed by atoms with Crippen molar-refractivity contribution in [3.63, 3.8) is 0 Å². The first-order valence-corrected chi connectivity index (χ1v) is 7.58. The lowest BCUT2D eigenvalue weighted by molar-refractivity contribution is 0.108. The topological polar surface area (TPSA) is 45.7 Å². The van der Waals surface area contributed by atoms with Crippen LogP contribution in [0.25, 0.3) is 0 Å². The van der Waals surface area contributed by atoms with Crippen molar-refractivity contribution in [3.8, 4) is 0 Å². The Bertz CT molecular complexity index is 227. The van der Waals surface area contributed by atoms with Gasteiger partial charge in [-0.2, -0.15) is 0 Å². The molecule has 0 saturated heterocycles. The number of guanidine groups is 1. The predicted molar refractivity (Wildman–Crippen MR) is 83.7 cm³/mol. The number of ether oxygens (including phenoxy) is 1. The van der Waals surface area contributed by atoms with Gasteiger partial charge in [0.1, 0.15) is 0 Å². The zero-order valence-electron chi connectivity index (χ0n) is 13.5. The standard InChI is InChI=1S/C15H33N3O/c1-13(2)8-6-9-17-15(16-5)18-10-7-11-19-12-14(3)4/h13-14H,6-12H2,1-5H3,(H2,16,17,18). The van der Waals surface area contributed by atoms with Crippen LogP contribution in [0.2, 0.25) is 0 Å². The molecule has 0 aliphatic carbocycles. The van der Waals surface area contributed by atoms with Crippen LogP contribution in [-0.4, -0.2) is 39.3 Å². The minimum atomic E-state index is 0.614. The Morgan fingerprint density at radius 1 is 1.00 bits per heavy atom. The molecule has 0 aliphatic rings. The van der Waals surface area contributed by atoms with Gasteiger partial charge in [-0.25, -0.2) is 0 Å². The average Bonchev–Trinajstić information content (AvgIpc) is 2.35. The molecular weight excluding hydrogens is 238 g/mol. The van der Waals surface area contributed by atoms with Gasteiger partial charge in [-0.1, -0.05) is 27.7 Å². The molecule has 0 amide bonds. The van der Waals surface area contributed by atoms with Gasteiger partial charge < -0.3 is 15.4 Å². The molecule has 0 rings (SSSR count). The van der Waals surface area contributed by atoms with Crippen molar-refractivity contribution >= 4 is 5.96 Å². The van der Waals surface area contributed by atoms with Crippen LogP contribution in [0.3, 0.4) is 0 Å². The van der Waals surface area contributed by atoms with Gasteiger partial charge in [0.05, 0.1) is 0 Å². The molecule has 0 aromatic heterocycles. The van der Waals surface area contributed by atoms with Gasteiger partial charge in [-0.3, -0.25) is 4.99 Å². The minimum Gasteiger partial charge on any atom is -0.381 e. The lowest BCUT2D eigenvalue weighted by Gasteiger charge is -2.12. The second-order valence-corrected chi connectivity index (χ2v) is 5.78. The highest BCUT2D eigenvalue weighted by molar-refractivity contribution is 5.79. The van der Waals surface area contributed by atoms with Gasteiger partial charge >= 0.3 is 0 Å². The molecule has 0 heterocycles. The highest BCUT2D eigenvalue weighted by Gasteiger charge is 1.98. The number of rotatable bonds is 10. The number of nitrogens with zero attached hydrogens (tertiary/aromatic N) is 1. The Morgan fingerprint density at radius 2 is 1.63 bits per heavy atom. The molecule has 2 N–H and O–H groups in total. The fourth-order valence-electron chi connectivity index (χ4n) is 1.64. The minimum absolute atomic E-state index is 0.614. The molecule has 4 heteroatoms. The maximum atomic E-state index is 5.54. The highest BCUT2D eigenvalue weighted by Crippen LogP contribution is 2.01. The number of hydrogen-bond acceptors (Lipinski definition) is 2. The second kappa shape index (κ2) is 12.3. The first-order chi connectivity index (χ1) is 9.06. The molecule has 0 aromatic carbocycles. The van der Waals surface area contributed by atoms with Gasteiger partial charge in [0.2, 0.25) is 0 Å². The monoisotopic (exact) mass is 271 g/mol. The van der Waals surface area contributed by atoms with E-state index in [9.17, 15) is 0 Å². The summed E-state index contributed by atoms with van der Waals surface area (Å²) in [5.41, 5.74) is 0. The fraction of sp³-hybridized carbons (Fsp3) is 0.933. The van der Waals surface area contributed by atoms with E-state index < -0.39 is 0 Å². The van der Waals surface area contributed by atoms with Gasteiger partial charge in [0.25, 0.3) is 0 Å². The zero-order valence-corrected chi connectivity index (χ0v) is 13.5. The number of nitrogens with one attached hydrogen (secondary N) is 2. The van der Waals surface area contributed by atoms with E-state index in [4.69, 9.17) is 4.74 Å². The van der Waals surface area contributed by atoms with Crippen molar-refractivity contribution in [1.82, 2.24) is 10.6 Å². The van der Waals surface area contributed by atoms with Crippen LogP contribution in [0.4, 0.5) is 0 Å². The predicted octanol–water partition coefficient (Wildman–Crippen LogP) is 2.65. The van der Waals surface area contributed by atoms with Crippen LogP contribution in [0.1, 0.15) is 47.0 Å². The molecule has 0 atom stereocenters. The fourth-order valence-corrected chi connectivity index (χ4v) is 1.64. The molecule has 4 nitrogen and oxygen atoms in total. The normalized spacial score (nSPS) is 12.3. The Kier molecular flexibility index (Phi) is 11.8. The largest absolute Gasteiger partial charge is 0.381 e. The van der Waals surface area contributed by atoms with Crippen LogP contribution in [0, 0.1) is 11.8 Å². The average molecular weight is 271 g/mol. The smallest absolute Gasteiger partial charge is 0.190 e. The molecule has 0 bridgehead atoms. The van der Waals surface area contributed by atoms with E-state index in [1.165, 1.54) is 12.8 Å². The van der Waals surface area contributed by atoms with E-state index in [1.54, 1.807) is 0 Å². The maximum absolute atomic E-state index is 5.54. The van der Waals surface area contributed by atoms with E-state index in [0.717, 1.165) is 44.6 Å². The molecule has 0 aromatic rings. The van der Waals surface area contributed by atoms with Crippen LogP contribution in [0.5, 0.6) is 0 Å². The van der Waals surface area contributed by atoms with Crippen molar-refractivity contribution in [2.75, 3.05) is 33.4 Å². The number of aliphatic imine (C=N–C) groups is 1. The van der Waals surface area contributed by atoms with E-state index in [0.29, 0.717) is 5.92 Å². The molecule has 114 valence electrons. The maximum Gasteiger partial charge on any atom is 0.190 e. The Labute approximate surface area is 119 Å². The van der Waals surface area contributed by atoms with Gasteiger partial charge in [0, 0.05) is 33.4 Å². The van der Waals surface area contributed by atoms with Crippen molar-refractivity contribution in [1.29, 1.82) is 0 Å². The van der Waals surface area contributed by atoms with Gasteiger partial charge in [0.15, 0.2) is 5.96 Å². The summed E-state index contributed by atoms with van der Waals surface area (Å²) in [5, 5.41) is 6.64. The third kappa shape index (κ3) is 13.5. The molecular formula is C15H33N3O. The van der Waals surface area contributed by atoms with E-state index in [2.05, 4.69) is 43.3 Å². The summed E-state index contributed by atoms with van der Waals surface area (Å²) >= 11 is 0. The Hall–Kier alpha value is -0.770. The van der Waals surface area contributed by atoms with Crippen molar-refractivity contribution in [3.05, 3.63) is 0 Å². The second-order valence-electron chi connectivity index (χ2n) is 5.78. The summed E-state index contributed by atoms with van der Waals surface area (Å²) in [5.74, 6) is 2.28. The highest BCUT2D eigenvalue weighted by atomic mass is 16.5.